The molecule has 0 saturated carbocycles. The molecule has 3 aliphatic heterocycles. The smallest absolute Gasteiger partial charge is 0.410 e. The molecule has 1 aromatic carbocycles. The van der Waals surface area contributed by atoms with Crippen molar-refractivity contribution in [3.63, 3.8) is 0 Å². The van der Waals surface area contributed by atoms with Gasteiger partial charge in [0.05, 0.1) is 35.7 Å². The number of imidazole rings is 1. The number of benzene rings is 1. The van der Waals surface area contributed by atoms with Crippen LogP contribution in [0.25, 0.3) is 17.1 Å². The number of fused-ring (bicyclic) bond motifs is 1. The van der Waals surface area contributed by atoms with Gasteiger partial charge in [-0.15, -0.1) is 11.3 Å². The van der Waals surface area contributed by atoms with Gasteiger partial charge in [0.15, 0.2) is 0 Å². The van der Waals surface area contributed by atoms with Gasteiger partial charge in [-0.3, -0.25) is 14.8 Å². The van der Waals surface area contributed by atoms with Crippen LogP contribution in [0.5, 0.6) is 0 Å². The number of aromatic amines is 1. The van der Waals surface area contributed by atoms with E-state index < -0.39 is 11.2 Å². The first kappa shape index (κ1) is 32.1. The van der Waals surface area contributed by atoms with E-state index in [9.17, 15) is 9.59 Å². The second-order valence-corrected chi connectivity index (χ2v) is 15.6. The number of amides is 2. The van der Waals surface area contributed by atoms with E-state index in [0.717, 1.165) is 54.8 Å². The number of aliphatic imine (C=N–C) groups is 1. The van der Waals surface area contributed by atoms with Gasteiger partial charge in [-0.2, -0.15) is 0 Å². The molecule has 2 amide bonds. The van der Waals surface area contributed by atoms with E-state index in [0.29, 0.717) is 19.6 Å². The van der Waals surface area contributed by atoms with Crippen molar-refractivity contribution in [2.24, 2.45) is 4.99 Å². The van der Waals surface area contributed by atoms with Gasteiger partial charge in [0.2, 0.25) is 0 Å². The lowest BCUT2D eigenvalue weighted by Gasteiger charge is -2.29. The molecule has 0 radical (unpaired) electrons. The Bertz CT molecular complexity index is 1640. The molecule has 46 heavy (non-hydrogen) atoms. The number of nitrogens with zero attached hydrogens (tertiary/aromatic N) is 4. The van der Waals surface area contributed by atoms with E-state index in [1.807, 2.05) is 52.5 Å². The summed E-state index contributed by atoms with van der Waals surface area (Å²) < 4.78 is 11.3. The molecule has 0 spiro atoms. The number of thiophene rings is 1. The predicted octanol–water partition coefficient (Wildman–Crippen LogP) is 7.39. The maximum atomic E-state index is 12.8. The number of ether oxygens (including phenoxy) is 2. The highest BCUT2D eigenvalue weighted by Gasteiger charge is 2.38. The van der Waals surface area contributed by atoms with Gasteiger partial charge in [0.25, 0.3) is 0 Å². The summed E-state index contributed by atoms with van der Waals surface area (Å²) in [5, 5.41) is 3.60. The van der Waals surface area contributed by atoms with Crippen molar-refractivity contribution < 1.29 is 19.1 Å². The normalized spacial score (nSPS) is 22.1. The number of carbonyl (C=O) groups excluding carboxylic acids is 2. The number of nitrogens with one attached hydrogen (secondary N) is 2. The van der Waals surface area contributed by atoms with Gasteiger partial charge >= 0.3 is 12.2 Å². The van der Waals surface area contributed by atoms with Gasteiger partial charge < -0.3 is 19.8 Å². The zero-order valence-electron chi connectivity index (χ0n) is 27.8. The van der Waals surface area contributed by atoms with Gasteiger partial charge in [0.1, 0.15) is 22.9 Å². The van der Waals surface area contributed by atoms with Crippen LogP contribution in [-0.2, 0) is 15.9 Å². The number of rotatable bonds is 6. The van der Waals surface area contributed by atoms with Crippen molar-refractivity contribution in [2.75, 3.05) is 19.6 Å². The van der Waals surface area contributed by atoms with Crippen LogP contribution >= 0.6 is 11.3 Å². The molecule has 1 unspecified atom stereocenters. The lowest BCUT2D eigenvalue weighted by molar-refractivity contribution is 0.0216. The van der Waals surface area contributed by atoms with Crippen LogP contribution in [0.1, 0.15) is 100 Å². The average Bonchev–Trinajstić information content (AvgIpc) is 3.80. The molecule has 2 N–H and O–H groups in total. The molecule has 2 saturated heterocycles. The highest BCUT2D eigenvalue weighted by Crippen LogP contribution is 2.33. The van der Waals surface area contributed by atoms with Crippen LogP contribution in [0.3, 0.4) is 0 Å². The van der Waals surface area contributed by atoms with E-state index in [1.54, 1.807) is 16.2 Å². The standard InChI is InChI=1S/C35H46N6O4S/c1-34(2,3)44-32(42)40-18-8-12-27(40)30-36-21-26(39-30)29-17-15-23(46-29)11-7-10-22-14-16-24-25(20-22)38-31(37-24)28-13-9-19-41(28)33(43)45-35(4,5)6/h7,11,14-17,20,26-28H,8-10,12-13,18-19,21H2,1-6H3,(H,36,39)(H,37,38)/t26?,27-,28-/m0/s1. The Morgan fingerprint density at radius 3 is 2.33 bits per heavy atom. The first-order valence-electron chi connectivity index (χ1n) is 16.4. The minimum Gasteiger partial charge on any atom is -0.444 e. The summed E-state index contributed by atoms with van der Waals surface area (Å²) in [7, 11) is 0. The molecule has 10 nitrogen and oxygen atoms in total. The van der Waals surface area contributed by atoms with Crippen LogP contribution in [0, 0.1) is 0 Å². The number of likely N-dealkylation sites (tertiary alicyclic amines) is 2. The quantitative estimate of drug-likeness (QED) is 0.289. The van der Waals surface area contributed by atoms with Crippen molar-refractivity contribution in [3.05, 3.63) is 57.6 Å². The van der Waals surface area contributed by atoms with E-state index in [2.05, 4.69) is 46.7 Å². The third kappa shape index (κ3) is 7.40. The molecule has 6 rings (SSSR count). The first-order chi connectivity index (χ1) is 21.8. The largest absolute Gasteiger partial charge is 0.444 e. The lowest BCUT2D eigenvalue weighted by atomic mass is 10.1. The molecule has 5 heterocycles. The van der Waals surface area contributed by atoms with Crippen molar-refractivity contribution in [1.29, 1.82) is 0 Å². The SMILES string of the molecule is CC(C)(C)OC(=O)N1CCC[C@H]1C1=NCC(c2ccc(C=CCc3ccc4nc([C@@H]5CCCN5C(=O)OC(C)(C)C)[nH]c4c3)s2)N1. The van der Waals surface area contributed by atoms with Gasteiger partial charge in [-0.1, -0.05) is 12.1 Å². The van der Waals surface area contributed by atoms with Crippen LogP contribution < -0.4 is 5.32 Å². The highest BCUT2D eigenvalue weighted by atomic mass is 32.1. The van der Waals surface area contributed by atoms with Crippen molar-refractivity contribution in [1.82, 2.24) is 25.1 Å². The fourth-order valence-corrected chi connectivity index (χ4v) is 7.30. The fraction of sp³-hybridized carbons (Fsp3) is 0.543. The molecule has 2 aromatic heterocycles. The summed E-state index contributed by atoms with van der Waals surface area (Å²) in [4.78, 5) is 44.7. The molecular weight excluding hydrogens is 600 g/mol. The molecular formula is C35H46N6O4S. The van der Waals surface area contributed by atoms with Crippen molar-refractivity contribution in [2.45, 2.75) is 103 Å². The molecule has 11 heteroatoms. The maximum absolute atomic E-state index is 12.8. The maximum Gasteiger partial charge on any atom is 0.410 e. The molecule has 0 bridgehead atoms. The number of hydrogen-bond acceptors (Lipinski definition) is 8. The first-order valence-corrected chi connectivity index (χ1v) is 17.2. The Labute approximate surface area is 275 Å². The third-order valence-corrected chi connectivity index (χ3v) is 9.51. The summed E-state index contributed by atoms with van der Waals surface area (Å²) in [6.07, 6.45) is 8.25. The van der Waals surface area contributed by atoms with Crippen LogP contribution in [0.15, 0.2) is 41.4 Å². The topological polar surface area (TPSA) is 112 Å². The molecule has 3 aliphatic rings. The minimum absolute atomic E-state index is 0.0513. The molecule has 2 fully saturated rings. The summed E-state index contributed by atoms with van der Waals surface area (Å²) in [5.41, 5.74) is 2.02. The molecule has 3 atom stereocenters. The summed E-state index contributed by atoms with van der Waals surface area (Å²) in [6.45, 7) is 13.4. The highest BCUT2D eigenvalue weighted by molar-refractivity contribution is 7.13. The zero-order chi connectivity index (χ0) is 32.6. The van der Waals surface area contributed by atoms with Gasteiger partial charge in [0, 0.05) is 22.8 Å². The minimum atomic E-state index is -0.529. The third-order valence-electron chi connectivity index (χ3n) is 8.35. The fourth-order valence-electron chi connectivity index (χ4n) is 6.32. The average molecular weight is 647 g/mol. The summed E-state index contributed by atoms with van der Waals surface area (Å²) in [5.74, 6) is 1.71. The molecule has 3 aromatic rings. The number of allylic oxidation sites excluding steroid dienone is 1. The monoisotopic (exact) mass is 646 g/mol. The molecule has 246 valence electrons. The summed E-state index contributed by atoms with van der Waals surface area (Å²) in [6, 6.07) is 10.6. The number of hydrogen-bond donors (Lipinski definition) is 2. The number of H-pyrrole nitrogens is 1. The lowest BCUT2D eigenvalue weighted by Crippen LogP contribution is -2.46. The molecule has 0 aliphatic carbocycles. The Hall–Kier alpha value is -3.86. The predicted molar refractivity (Wildman–Crippen MR) is 182 cm³/mol. The van der Waals surface area contributed by atoms with E-state index >= 15 is 0 Å². The van der Waals surface area contributed by atoms with E-state index in [4.69, 9.17) is 19.5 Å². The van der Waals surface area contributed by atoms with Crippen molar-refractivity contribution >= 4 is 46.5 Å². The van der Waals surface area contributed by atoms with Gasteiger partial charge in [-0.05, 0) is 110 Å². The van der Waals surface area contributed by atoms with E-state index in [-0.39, 0.29) is 30.3 Å². The Balaban J connectivity index is 1.04. The number of amidine groups is 1. The Morgan fingerprint density at radius 2 is 1.63 bits per heavy atom. The Kier molecular flexibility index (Phi) is 8.89. The number of aromatic nitrogens is 2. The Morgan fingerprint density at radius 1 is 0.957 bits per heavy atom. The second-order valence-electron chi connectivity index (χ2n) is 14.4. The number of carbonyl (C=O) groups is 2. The van der Waals surface area contributed by atoms with Crippen LogP contribution in [0.2, 0.25) is 0 Å². The zero-order valence-corrected chi connectivity index (χ0v) is 28.6. The summed E-state index contributed by atoms with van der Waals surface area (Å²) >= 11 is 1.76. The van der Waals surface area contributed by atoms with Crippen LogP contribution in [-0.4, -0.2) is 74.7 Å². The van der Waals surface area contributed by atoms with Crippen LogP contribution in [0.4, 0.5) is 9.59 Å². The van der Waals surface area contributed by atoms with E-state index in [1.165, 1.54) is 15.3 Å². The van der Waals surface area contributed by atoms with Gasteiger partial charge in [-0.25, -0.2) is 14.6 Å². The second kappa shape index (κ2) is 12.7. The van der Waals surface area contributed by atoms with Crippen molar-refractivity contribution in [3.8, 4) is 0 Å².